The third-order valence-electron chi connectivity index (χ3n) is 5.63. The number of benzene rings is 2. The summed E-state index contributed by atoms with van der Waals surface area (Å²) in [5.74, 6) is -1.78. The van der Waals surface area contributed by atoms with Crippen LogP contribution >= 0.6 is 7.60 Å². The maximum atomic E-state index is 14.2. The Hall–Kier alpha value is -2.36. The molecule has 0 bridgehead atoms. The Kier molecular flexibility index (Phi) is 10.6. The first-order chi connectivity index (χ1) is 16.9. The summed E-state index contributed by atoms with van der Waals surface area (Å²) in [5.41, 5.74) is 1.41. The van der Waals surface area contributed by atoms with Gasteiger partial charge in [0.05, 0.1) is 24.7 Å². The minimum Gasteiger partial charge on any atom is -0.465 e. The number of Topliss-reactive ketones (excluding diaryl/α,β-unsaturated/α-hetero) is 1. The van der Waals surface area contributed by atoms with Gasteiger partial charge in [-0.25, -0.2) is 8.42 Å². The molecule has 0 unspecified atom stereocenters. The summed E-state index contributed by atoms with van der Waals surface area (Å²) in [6.45, 7) is 7.37. The first kappa shape index (κ1) is 29.9. The van der Waals surface area contributed by atoms with E-state index < -0.39 is 40.6 Å². The Morgan fingerprint density at radius 2 is 1.50 bits per heavy atom. The molecule has 2 atom stereocenters. The van der Waals surface area contributed by atoms with Crippen LogP contribution in [0.15, 0.2) is 59.5 Å². The topological polar surface area (TPSA) is 125 Å². The largest absolute Gasteiger partial charge is 0.465 e. The molecule has 198 valence electrons. The van der Waals surface area contributed by atoms with Crippen molar-refractivity contribution in [3.05, 3.63) is 65.7 Å². The molecule has 1 N–H and O–H groups in total. The molecule has 0 heterocycles. The van der Waals surface area contributed by atoms with Crippen LogP contribution in [0.5, 0.6) is 0 Å². The van der Waals surface area contributed by atoms with Gasteiger partial charge in [0.2, 0.25) is 10.0 Å². The zero-order chi connectivity index (χ0) is 27.0. The molecule has 11 heteroatoms. The average molecular weight is 540 g/mol. The van der Waals surface area contributed by atoms with Gasteiger partial charge >= 0.3 is 13.6 Å². The van der Waals surface area contributed by atoms with Gasteiger partial charge in [-0.15, -0.1) is 0 Å². The molecule has 0 saturated heterocycles. The first-order valence-corrected chi connectivity index (χ1v) is 14.7. The van der Waals surface area contributed by atoms with Crippen molar-refractivity contribution in [1.29, 1.82) is 0 Å². The van der Waals surface area contributed by atoms with E-state index in [0.717, 1.165) is 5.56 Å². The van der Waals surface area contributed by atoms with Crippen molar-refractivity contribution in [3.63, 3.8) is 0 Å². The average Bonchev–Trinajstić information content (AvgIpc) is 2.83. The van der Waals surface area contributed by atoms with Crippen LogP contribution in [0, 0.1) is 6.92 Å². The number of hydrogen-bond donors (Lipinski definition) is 1. The molecule has 9 nitrogen and oxygen atoms in total. The highest BCUT2D eigenvalue weighted by Crippen LogP contribution is 2.62. The SMILES string of the molecule is CCOC(=O)[C@@H](NS(=O)(=O)c1ccc(C)cc1)[C@](C)(C(=O)Cc1ccccc1)P(=O)(OCC)OCC. The summed E-state index contributed by atoms with van der Waals surface area (Å²) >= 11 is 0. The summed E-state index contributed by atoms with van der Waals surface area (Å²) in [5, 5.41) is -2.25. The number of carbonyl (C=O) groups is 2. The van der Waals surface area contributed by atoms with Crippen LogP contribution in [-0.2, 0) is 44.4 Å². The molecule has 0 aliphatic rings. The predicted octanol–water partition coefficient (Wildman–Crippen LogP) is 4.04. The maximum Gasteiger partial charge on any atom is 0.346 e. The van der Waals surface area contributed by atoms with Crippen molar-refractivity contribution in [2.45, 2.75) is 57.1 Å². The van der Waals surface area contributed by atoms with Crippen molar-refractivity contribution in [2.24, 2.45) is 0 Å². The number of ether oxygens (including phenoxy) is 1. The summed E-state index contributed by atoms with van der Waals surface area (Å²) in [6.07, 6.45) is -0.246. The molecule has 2 aromatic rings. The molecule has 0 saturated carbocycles. The third kappa shape index (κ3) is 6.69. The van der Waals surface area contributed by atoms with E-state index in [1.807, 2.05) is 0 Å². The van der Waals surface area contributed by atoms with Gasteiger partial charge in [0.25, 0.3) is 0 Å². The van der Waals surface area contributed by atoms with Crippen LogP contribution in [0.4, 0.5) is 0 Å². The van der Waals surface area contributed by atoms with Crippen LogP contribution < -0.4 is 4.72 Å². The third-order valence-corrected chi connectivity index (χ3v) is 9.91. The molecule has 0 spiro atoms. The summed E-state index contributed by atoms with van der Waals surface area (Å²) in [6, 6.07) is 12.7. The van der Waals surface area contributed by atoms with E-state index in [-0.39, 0.29) is 31.1 Å². The summed E-state index contributed by atoms with van der Waals surface area (Å²) in [7, 11) is -8.79. The highest BCUT2D eigenvalue weighted by Gasteiger charge is 2.61. The number of aryl methyl sites for hydroxylation is 1. The molecule has 0 aliphatic heterocycles. The monoisotopic (exact) mass is 539 g/mol. The fourth-order valence-corrected chi connectivity index (χ4v) is 7.16. The number of esters is 1. The lowest BCUT2D eigenvalue weighted by Crippen LogP contribution is -2.60. The number of nitrogens with one attached hydrogen (secondary N) is 1. The Morgan fingerprint density at radius 3 is 2.00 bits per heavy atom. The number of rotatable bonds is 14. The van der Waals surface area contributed by atoms with Crippen LogP contribution in [0.1, 0.15) is 38.8 Å². The lowest BCUT2D eigenvalue weighted by atomic mass is 9.92. The predicted molar refractivity (Wildman–Crippen MR) is 136 cm³/mol. The number of ketones is 1. The first-order valence-electron chi connectivity index (χ1n) is 11.7. The normalized spacial score (nSPS) is 14.6. The van der Waals surface area contributed by atoms with Gasteiger partial charge in [-0.2, -0.15) is 4.72 Å². The van der Waals surface area contributed by atoms with E-state index in [1.165, 1.54) is 26.0 Å². The fraction of sp³-hybridized carbons (Fsp3) is 0.440. The van der Waals surface area contributed by atoms with Crippen molar-refractivity contribution in [2.75, 3.05) is 19.8 Å². The van der Waals surface area contributed by atoms with Gasteiger partial charge in [-0.1, -0.05) is 48.0 Å². The smallest absolute Gasteiger partial charge is 0.346 e. The van der Waals surface area contributed by atoms with Gasteiger partial charge in [0.1, 0.15) is 6.04 Å². The Bertz CT molecular complexity index is 1170. The highest BCUT2D eigenvalue weighted by atomic mass is 32.2. The molecule has 0 radical (unpaired) electrons. The van der Waals surface area contributed by atoms with Crippen molar-refractivity contribution in [1.82, 2.24) is 4.72 Å². The number of sulfonamides is 1. The molecule has 2 rings (SSSR count). The lowest BCUT2D eigenvalue weighted by Gasteiger charge is -2.39. The Morgan fingerprint density at radius 1 is 0.944 bits per heavy atom. The number of hydrogen-bond acceptors (Lipinski definition) is 8. The van der Waals surface area contributed by atoms with E-state index >= 15 is 0 Å². The zero-order valence-corrected chi connectivity index (χ0v) is 22.9. The van der Waals surface area contributed by atoms with Gasteiger partial charge in [-0.3, -0.25) is 14.2 Å². The van der Waals surface area contributed by atoms with Crippen molar-refractivity contribution >= 4 is 29.4 Å². The second-order valence-electron chi connectivity index (χ2n) is 8.19. The second-order valence-corrected chi connectivity index (χ2v) is 12.3. The highest BCUT2D eigenvalue weighted by molar-refractivity contribution is 7.89. The standard InChI is InChI=1S/C25H34NO8PS/c1-6-32-24(28)23(26-36(30,31)21-16-14-19(4)15-17-21)25(5,35(29,33-7-2)34-8-3)22(27)18-20-12-10-9-11-13-20/h9-17,23,26H,6-8,18H2,1-5H3/t23-,25+/m1/s1. The quantitative estimate of drug-likeness (QED) is 0.282. The van der Waals surface area contributed by atoms with Gasteiger partial charge in [-0.05, 0) is 52.3 Å². The van der Waals surface area contributed by atoms with Crippen LogP contribution in [0.3, 0.4) is 0 Å². The number of carbonyl (C=O) groups excluding carboxylic acids is 2. The minimum atomic E-state index is -4.43. The Labute approximate surface area is 213 Å². The molecule has 0 amide bonds. The summed E-state index contributed by atoms with van der Waals surface area (Å²) < 4.78 is 59.3. The molecular formula is C25H34NO8PS. The van der Waals surface area contributed by atoms with E-state index in [4.69, 9.17) is 13.8 Å². The van der Waals surface area contributed by atoms with E-state index in [9.17, 15) is 22.6 Å². The van der Waals surface area contributed by atoms with Crippen LogP contribution in [0.2, 0.25) is 0 Å². The van der Waals surface area contributed by atoms with Crippen molar-refractivity contribution < 1.29 is 36.4 Å². The van der Waals surface area contributed by atoms with Gasteiger partial charge in [0.15, 0.2) is 10.9 Å². The minimum absolute atomic E-state index is 0.0991. The van der Waals surface area contributed by atoms with Crippen LogP contribution in [-0.4, -0.2) is 51.2 Å². The molecule has 2 aromatic carbocycles. The molecule has 0 aliphatic carbocycles. The molecular weight excluding hydrogens is 505 g/mol. The molecule has 0 fully saturated rings. The van der Waals surface area contributed by atoms with Gasteiger partial charge in [0, 0.05) is 6.42 Å². The maximum absolute atomic E-state index is 14.2. The molecule has 0 aromatic heterocycles. The van der Waals surface area contributed by atoms with E-state index in [0.29, 0.717) is 5.56 Å². The van der Waals surface area contributed by atoms with E-state index in [2.05, 4.69) is 4.72 Å². The lowest BCUT2D eigenvalue weighted by molar-refractivity contribution is -0.148. The van der Waals surface area contributed by atoms with E-state index in [1.54, 1.807) is 63.2 Å². The zero-order valence-electron chi connectivity index (χ0n) is 21.2. The second kappa shape index (κ2) is 12.7. The summed E-state index contributed by atoms with van der Waals surface area (Å²) in [4.78, 5) is 27.0. The molecule has 36 heavy (non-hydrogen) atoms. The Balaban J connectivity index is 2.71. The van der Waals surface area contributed by atoms with Crippen molar-refractivity contribution in [3.8, 4) is 0 Å². The fourth-order valence-electron chi connectivity index (χ4n) is 3.64. The van der Waals surface area contributed by atoms with Crippen LogP contribution in [0.25, 0.3) is 0 Å². The van der Waals surface area contributed by atoms with Gasteiger partial charge < -0.3 is 13.8 Å².